The van der Waals surface area contributed by atoms with Crippen molar-refractivity contribution < 1.29 is 67.4 Å². The minimum absolute atomic E-state index is 0.0515. The van der Waals surface area contributed by atoms with Crippen LogP contribution in [0, 0.1) is 0 Å². The first kappa shape index (κ1) is 67.5. The highest BCUT2D eigenvalue weighted by Gasteiger charge is 2.20. The third kappa shape index (κ3) is 44.2. The van der Waals surface area contributed by atoms with Gasteiger partial charge in [0.05, 0.1) is 58.9 Å². The number of ether oxygens (including phenoxy) is 4. The summed E-state index contributed by atoms with van der Waals surface area (Å²) < 4.78 is 34.5. The second-order valence-electron chi connectivity index (χ2n) is 17.8. The molecule has 0 aromatic rings. The molecule has 6 amide bonds. The summed E-state index contributed by atoms with van der Waals surface area (Å²) >= 11 is 0. The molecule has 72 heavy (non-hydrogen) atoms. The summed E-state index contributed by atoms with van der Waals surface area (Å²) in [6, 6.07) is -1.37. The molecular weight excluding hydrogens is 936 g/mol. The minimum Gasteiger partial charge on any atom is -0.512 e. The standard InChI is InChI=1S/C52H95FN6O13/c1-3-22-46(62)44(58-50(66)26-18-16-14-12-10-8-6-5-7-9-11-13-15-17-23-43(61)42-60)24-19-20-29-55-48(64)27-33-69-37-39-71-35-31-56-49(65)28-34-70-38-40-72-36-32-57-52(68)45(59-51(67)41-53)25-21-30-54-47(63)4-2/h22,42,44-45,60-62H,3-21,23-41H2,1-2H3,(H,54,63)(H,55,64)(H,56,65)(H,57,68)(H,58,66)(H,59,67)/b43-42-,46-22-. The molecule has 2 unspecified atom stereocenters. The smallest absolute Gasteiger partial charge is 0.252 e. The number of alkyl halides is 1. The number of amides is 6. The van der Waals surface area contributed by atoms with Crippen LogP contribution >= 0.6 is 0 Å². The Bertz CT molecular complexity index is 1470. The molecule has 0 spiro atoms. The molecule has 0 fully saturated rings. The lowest BCUT2D eigenvalue weighted by Crippen LogP contribution is -2.48. The highest BCUT2D eigenvalue weighted by Crippen LogP contribution is 2.15. The number of carbonyl (C=O) groups excluding carboxylic acids is 6. The Morgan fingerprint density at radius 3 is 1.42 bits per heavy atom. The van der Waals surface area contributed by atoms with Crippen LogP contribution < -0.4 is 31.9 Å². The van der Waals surface area contributed by atoms with Gasteiger partial charge < -0.3 is 66.2 Å². The number of allylic oxidation sites excluding steroid dienone is 2. The van der Waals surface area contributed by atoms with Gasteiger partial charge in [-0.25, -0.2) is 4.39 Å². The van der Waals surface area contributed by atoms with E-state index in [2.05, 4.69) is 31.9 Å². The first-order chi connectivity index (χ1) is 35.0. The van der Waals surface area contributed by atoms with Gasteiger partial charge in [0.25, 0.3) is 5.91 Å². The van der Waals surface area contributed by atoms with Crippen molar-refractivity contribution in [1.29, 1.82) is 0 Å². The quantitative estimate of drug-likeness (QED) is 0.0229. The third-order valence-corrected chi connectivity index (χ3v) is 11.5. The Hall–Kier alpha value is -4.53. The molecule has 418 valence electrons. The van der Waals surface area contributed by atoms with Gasteiger partial charge in [-0.15, -0.1) is 0 Å². The molecule has 9 N–H and O–H groups in total. The number of unbranched alkanes of at least 4 members (excludes halogenated alkanes) is 14. The van der Waals surface area contributed by atoms with E-state index in [0.29, 0.717) is 84.4 Å². The van der Waals surface area contributed by atoms with Gasteiger partial charge >= 0.3 is 0 Å². The number of hydrogen-bond acceptors (Lipinski definition) is 13. The van der Waals surface area contributed by atoms with E-state index in [1.54, 1.807) is 13.0 Å². The van der Waals surface area contributed by atoms with Crippen LogP contribution in [-0.4, -0.2) is 149 Å². The summed E-state index contributed by atoms with van der Waals surface area (Å²) in [4.78, 5) is 72.4. The van der Waals surface area contributed by atoms with E-state index in [9.17, 15) is 43.4 Å². The van der Waals surface area contributed by atoms with Crippen molar-refractivity contribution in [3.8, 4) is 0 Å². The molecule has 0 bridgehead atoms. The fourth-order valence-electron chi connectivity index (χ4n) is 7.33. The molecule has 2 atom stereocenters. The van der Waals surface area contributed by atoms with E-state index in [-0.39, 0.29) is 94.0 Å². The number of rotatable bonds is 51. The Morgan fingerprint density at radius 2 is 0.903 bits per heavy atom. The van der Waals surface area contributed by atoms with Gasteiger partial charge in [0.15, 0.2) is 6.67 Å². The van der Waals surface area contributed by atoms with E-state index in [1.165, 1.54) is 57.8 Å². The number of halogens is 1. The summed E-state index contributed by atoms with van der Waals surface area (Å²) in [5.74, 6) is -1.63. The second-order valence-corrected chi connectivity index (χ2v) is 17.8. The van der Waals surface area contributed by atoms with Gasteiger partial charge in [-0.2, -0.15) is 0 Å². The number of nitrogens with one attached hydrogen (secondary N) is 6. The van der Waals surface area contributed by atoms with Crippen LogP contribution in [0.3, 0.4) is 0 Å². The van der Waals surface area contributed by atoms with Crippen molar-refractivity contribution in [2.45, 2.75) is 186 Å². The van der Waals surface area contributed by atoms with E-state index in [1.807, 2.05) is 6.92 Å². The molecule has 19 nitrogen and oxygen atoms in total. The molecule has 0 aliphatic rings. The lowest BCUT2D eigenvalue weighted by atomic mass is 10.0. The fourth-order valence-corrected chi connectivity index (χ4v) is 7.33. The maximum atomic E-state index is 12.7. The SMILES string of the molecule is CC/C=C(\O)C(CCCCNC(=O)CCOCCOCCNC(=O)CCOCCOCCNC(=O)C(CCCNC(=O)CC)NC(=O)CF)NC(=O)CCCCCCCCCCCCCCCC/C(O)=C/O. The van der Waals surface area contributed by atoms with Crippen molar-refractivity contribution >= 4 is 35.4 Å². The van der Waals surface area contributed by atoms with Gasteiger partial charge in [0.2, 0.25) is 29.5 Å². The largest absolute Gasteiger partial charge is 0.512 e. The lowest BCUT2D eigenvalue weighted by molar-refractivity contribution is -0.129. The van der Waals surface area contributed by atoms with Crippen LogP contribution in [0.4, 0.5) is 4.39 Å². The molecule has 0 heterocycles. The van der Waals surface area contributed by atoms with E-state index in [0.717, 1.165) is 44.8 Å². The number of aliphatic hydroxyl groups excluding tert-OH is 3. The van der Waals surface area contributed by atoms with Crippen LogP contribution in [0.2, 0.25) is 0 Å². The van der Waals surface area contributed by atoms with E-state index < -0.39 is 30.6 Å². The van der Waals surface area contributed by atoms with Crippen LogP contribution in [0.1, 0.15) is 174 Å². The minimum atomic E-state index is -1.24. The van der Waals surface area contributed by atoms with Crippen LogP contribution in [0.5, 0.6) is 0 Å². The first-order valence-electron chi connectivity index (χ1n) is 26.9. The van der Waals surface area contributed by atoms with Gasteiger partial charge in [-0.1, -0.05) is 90.9 Å². The van der Waals surface area contributed by atoms with E-state index >= 15 is 0 Å². The predicted octanol–water partition coefficient (Wildman–Crippen LogP) is 6.65. The molecule has 0 aliphatic carbocycles. The van der Waals surface area contributed by atoms with Crippen molar-refractivity contribution in [1.82, 2.24) is 31.9 Å². The summed E-state index contributed by atoms with van der Waals surface area (Å²) in [5.41, 5.74) is 0. The Morgan fingerprint density at radius 1 is 0.458 bits per heavy atom. The Kier molecular flexibility index (Phi) is 46.9. The first-order valence-corrected chi connectivity index (χ1v) is 26.9. The molecule has 0 aliphatic heterocycles. The van der Waals surface area contributed by atoms with Crippen LogP contribution in [0.15, 0.2) is 23.9 Å². The zero-order valence-corrected chi connectivity index (χ0v) is 44.0. The second kappa shape index (κ2) is 50.0. The van der Waals surface area contributed by atoms with Crippen LogP contribution in [0.25, 0.3) is 0 Å². The predicted molar refractivity (Wildman–Crippen MR) is 276 cm³/mol. The summed E-state index contributed by atoms with van der Waals surface area (Å²) in [5, 5.41) is 44.8. The highest BCUT2D eigenvalue weighted by atomic mass is 19.1. The van der Waals surface area contributed by atoms with Crippen molar-refractivity contribution in [3.63, 3.8) is 0 Å². The number of aliphatic hydroxyl groups is 3. The van der Waals surface area contributed by atoms with Crippen molar-refractivity contribution in [2.24, 2.45) is 0 Å². The maximum Gasteiger partial charge on any atom is 0.252 e. The molecule has 0 aromatic heterocycles. The normalized spacial score (nSPS) is 12.5. The number of hydrogen-bond donors (Lipinski definition) is 9. The monoisotopic (exact) mass is 1030 g/mol. The lowest BCUT2D eigenvalue weighted by Gasteiger charge is -2.18. The molecule has 0 saturated carbocycles. The topological polar surface area (TPSA) is 272 Å². The molecule has 20 heteroatoms. The highest BCUT2D eigenvalue weighted by molar-refractivity contribution is 5.88. The molecule has 0 aromatic carbocycles. The van der Waals surface area contributed by atoms with Gasteiger partial charge in [0.1, 0.15) is 23.8 Å². The Balaban J connectivity index is 3.84. The van der Waals surface area contributed by atoms with Gasteiger partial charge in [0, 0.05) is 58.3 Å². The summed E-state index contributed by atoms with van der Waals surface area (Å²) in [6.45, 7) is 5.70. The van der Waals surface area contributed by atoms with Gasteiger partial charge in [-0.3, -0.25) is 28.8 Å². The zero-order valence-electron chi connectivity index (χ0n) is 44.0. The molecule has 0 saturated heterocycles. The number of carbonyl (C=O) groups is 6. The van der Waals surface area contributed by atoms with Crippen LogP contribution in [-0.2, 0) is 47.7 Å². The molecular formula is C52H95FN6O13. The third-order valence-electron chi connectivity index (χ3n) is 11.5. The molecule has 0 radical (unpaired) electrons. The van der Waals surface area contributed by atoms with Gasteiger partial charge in [-0.05, 0) is 57.4 Å². The summed E-state index contributed by atoms with van der Waals surface area (Å²) in [7, 11) is 0. The summed E-state index contributed by atoms with van der Waals surface area (Å²) in [6.07, 6.45) is 23.6. The zero-order chi connectivity index (χ0) is 53.1. The fraction of sp³-hybridized carbons (Fsp3) is 0.808. The average molecular weight is 1030 g/mol. The van der Waals surface area contributed by atoms with Crippen molar-refractivity contribution in [3.05, 3.63) is 23.9 Å². The van der Waals surface area contributed by atoms with Crippen molar-refractivity contribution in [2.75, 3.05) is 85.7 Å². The molecule has 0 rings (SSSR count). The maximum absolute atomic E-state index is 12.7. The Labute approximate surface area is 429 Å². The average Bonchev–Trinajstić information content (AvgIpc) is 3.37. The van der Waals surface area contributed by atoms with E-state index in [4.69, 9.17) is 24.1 Å².